The van der Waals surface area contributed by atoms with Crippen molar-refractivity contribution in [2.75, 3.05) is 20.3 Å². The molecule has 4 atom stereocenters. The molecular weight excluding hydrogens is 478 g/mol. The fourth-order valence-electron chi connectivity index (χ4n) is 5.89. The zero-order valence-electron chi connectivity index (χ0n) is 20.7. The lowest BCUT2D eigenvalue weighted by Crippen LogP contribution is -2.66. The van der Waals surface area contributed by atoms with Crippen LogP contribution in [0.5, 0.6) is 0 Å². The van der Waals surface area contributed by atoms with Gasteiger partial charge in [-0.15, -0.1) is 4.28 Å². The summed E-state index contributed by atoms with van der Waals surface area (Å²) in [4.78, 5) is 38.4. The summed E-state index contributed by atoms with van der Waals surface area (Å²) in [5, 5.41) is 0.659. The van der Waals surface area contributed by atoms with E-state index >= 15 is 0 Å². The van der Waals surface area contributed by atoms with E-state index < -0.39 is 44.7 Å². The van der Waals surface area contributed by atoms with E-state index in [2.05, 4.69) is 13.0 Å². The number of hydrogen-bond donors (Lipinski definition) is 1. The first-order chi connectivity index (χ1) is 16.2. The largest absolute Gasteiger partial charge is 0.465 e. The number of likely N-dealkylation sites (N-methyl/N-ethyl adjacent to an activating group) is 1. The first-order valence-electron chi connectivity index (χ1n) is 12.0. The average Bonchev–Trinajstić information content (AvgIpc) is 3.11. The standard InChI is InChI=1S/C23H35N3O8S/c1-15-11-16-5-7-22(12-15,13-16)19(28)32-10-9-21(2,3)14-33-35(30,31)34-26-17-6-8-23(17,18(24)27)25(4)20(26)29/h5,15,17H,6-14H2,1-4H3,(H2,24,27)/t15?,17-,22?,23+/m1/s1. The van der Waals surface area contributed by atoms with Crippen LogP contribution in [0.1, 0.15) is 65.7 Å². The molecule has 1 saturated heterocycles. The Kier molecular flexibility index (Phi) is 6.46. The minimum Gasteiger partial charge on any atom is -0.465 e. The van der Waals surface area contributed by atoms with Gasteiger partial charge in [0.2, 0.25) is 5.91 Å². The molecule has 0 radical (unpaired) electrons. The molecule has 1 aliphatic heterocycles. The number of nitrogens with two attached hydrogens (primary N) is 1. The normalized spacial score (nSPS) is 32.2. The lowest BCUT2D eigenvalue weighted by molar-refractivity contribution is -0.158. The summed E-state index contributed by atoms with van der Waals surface area (Å²) in [5.74, 6) is -0.454. The minimum absolute atomic E-state index is 0.139. The predicted molar refractivity (Wildman–Crippen MR) is 123 cm³/mol. The van der Waals surface area contributed by atoms with Crippen molar-refractivity contribution in [2.24, 2.45) is 22.5 Å². The number of hydroxylamine groups is 2. The van der Waals surface area contributed by atoms with Gasteiger partial charge in [-0.2, -0.15) is 13.5 Å². The van der Waals surface area contributed by atoms with Gasteiger partial charge in [-0.05, 0) is 56.3 Å². The third-order valence-corrected chi connectivity index (χ3v) is 8.79. The fraction of sp³-hybridized carbons (Fsp3) is 0.783. The number of urea groups is 1. The number of allylic oxidation sites excluding steroid dienone is 2. The van der Waals surface area contributed by atoms with Gasteiger partial charge in [-0.25, -0.2) is 8.98 Å². The molecule has 3 fully saturated rings. The number of primary amides is 1. The molecule has 3 aliphatic carbocycles. The van der Waals surface area contributed by atoms with E-state index in [1.165, 1.54) is 12.6 Å². The number of ether oxygens (including phenoxy) is 1. The average molecular weight is 514 g/mol. The Hall–Kier alpha value is -2.18. The third kappa shape index (κ3) is 4.55. The minimum atomic E-state index is -4.59. The molecule has 0 aromatic rings. The van der Waals surface area contributed by atoms with Crippen molar-refractivity contribution in [1.82, 2.24) is 9.96 Å². The van der Waals surface area contributed by atoms with Gasteiger partial charge in [-0.1, -0.05) is 32.4 Å². The highest BCUT2D eigenvalue weighted by Crippen LogP contribution is 2.51. The maximum atomic E-state index is 12.8. The van der Waals surface area contributed by atoms with E-state index in [1.54, 1.807) is 13.8 Å². The van der Waals surface area contributed by atoms with Crippen LogP contribution in [0.25, 0.3) is 0 Å². The zero-order valence-corrected chi connectivity index (χ0v) is 21.6. The second-order valence-corrected chi connectivity index (χ2v) is 12.5. The fourth-order valence-corrected chi connectivity index (χ4v) is 6.76. The Morgan fingerprint density at radius 3 is 2.63 bits per heavy atom. The number of nitrogens with zero attached hydrogens (tertiary/aromatic N) is 2. The second kappa shape index (κ2) is 8.74. The Bertz CT molecular complexity index is 1060. The molecule has 11 nitrogen and oxygen atoms in total. The molecule has 2 saturated carbocycles. The topological polar surface area (TPSA) is 146 Å². The lowest BCUT2D eigenvalue weighted by Gasteiger charge is -2.44. The van der Waals surface area contributed by atoms with Gasteiger partial charge in [-0.3, -0.25) is 9.59 Å². The van der Waals surface area contributed by atoms with Crippen LogP contribution in [-0.4, -0.2) is 68.1 Å². The van der Waals surface area contributed by atoms with Crippen molar-refractivity contribution in [2.45, 2.75) is 77.3 Å². The monoisotopic (exact) mass is 513 g/mol. The van der Waals surface area contributed by atoms with Gasteiger partial charge in [0, 0.05) is 7.05 Å². The summed E-state index contributed by atoms with van der Waals surface area (Å²) in [6.45, 7) is 5.61. The molecule has 35 heavy (non-hydrogen) atoms. The first kappa shape index (κ1) is 25.9. The van der Waals surface area contributed by atoms with Gasteiger partial charge in [0.25, 0.3) is 0 Å². The number of hydrogen-bond acceptors (Lipinski definition) is 8. The van der Waals surface area contributed by atoms with Gasteiger partial charge in [0.1, 0.15) is 5.54 Å². The van der Waals surface area contributed by atoms with Crippen molar-refractivity contribution >= 4 is 28.3 Å². The Morgan fingerprint density at radius 1 is 1.31 bits per heavy atom. The highest BCUT2D eigenvalue weighted by Gasteiger charge is 2.67. The van der Waals surface area contributed by atoms with Crippen LogP contribution < -0.4 is 5.73 Å². The van der Waals surface area contributed by atoms with E-state index in [0.29, 0.717) is 30.2 Å². The number of rotatable bonds is 10. The van der Waals surface area contributed by atoms with E-state index in [9.17, 15) is 22.8 Å². The van der Waals surface area contributed by atoms with Crippen LogP contribution in [-0.2, 0) is 33.2 Å². The number of carbonyl (C=O) groups is 3. The van der Waals surface area contributed by atoms with Crippen molar-refractivity contribution < 1.29 is 36.0 Å². The molecular formula is C23H35N3O8S. The quantitative estimate of drug-likeness (QED) is 0.345. The molecule has 2 N–H and O–H groups in total. The molecule has 0 spiro atoms. The van der Waals surface area contributed by atoms with Crippen molar-refractivity contribution in [1.29, 1.82) is 0 Å². The molecule has 2 unspecified atom stereocenters. The predicted octanol–water partition coefficient (Wildman–Crippen LogP) is 2.03. The molecule has 196 valence electrons. The van der Waals surface area contributed by atoms with Crippen LogP contribution in [0.15, 0.2) is 11.6 Å². The summed E-state index contributed by atoms with van der Waals surface area (Å²) in [7, 11) is -3.21. The highest BCUT2D eigenvalue weighted by atomic mass is 32.3. The molecule has 2 bridgehead atoms. The first-order valence-corrected chi connectivity index (χ1v) is 13.4. The van der Waals surface area contributed by atoms with Gasteiger partial charge >= 0.3 is 22.4 Å². The van der Waals surface area contributed by atoms with Crippen molar-refractivity contribution in [3.05, 3.63) is 11.6 Å². The van der Waals surface area contributed by atoms with Gasteiger partial charge in [0.15, 0.2) is 0 Å². The van der Waals surface area contributed by atoms with Crippen LogP contribution >= 0.6 is 0 Å². The number of fused-ring (bicyclic) bond motifs is 3. The van der Waals surface area contributed by atoms with E-state index in [1.807, 2.05) is 0 Å². The summed E-state index contributed by atoms with van der Waals surface area (Å²) in [6, 6.07) is -1.57. The summed E-state index contributed by atoms with van der Waals surface area (Å²) < 4.78 is 40.6. The summed E-state index contributed by atoms with van der Waals surface area (Å²) in [5.41, 5.74) is 4.41. The number of esters is 1. The van der Waals surface area contributed by atoms with Crippen LogP contribution in [0.3, 0.4) is 0 Å². The zero-order chi connectivity index (χ0) is 25.8. The molecule has 4 rings (SSSR count). The Morgan fingerprint density at radius 2 is 2.03 bits per heavy atom. The Balaban J connectivity index is 1.27. The molecule has 3 amide bonds. The molecule has 12 heteroatoms. The molecule has 4 aliphatic rings. The molecule has 1 heterocycles. The maximum Gasteiger partial charge on any atom is 0.421 e. The van der Waals surface area contributed by atoms with Crippen LogP contribution in [0.4, 0.5) is 4.79 Å². The number of amides is 3. The smallest absolute Gasteiger partial charge is 0.421 e. The van der Waals surface area contributed by atoms with Gasteiger partial charge < -0.3 is 15.4 Å². The van der Waals surface area contributed by atoms with Gasteiger partial charge in [0.05, 0.1) is 24.7 Å². The van der Waals surface area contributed by atoms with Crippen molar-refractivity contribution in [3.63, 3.8) is 0 Å². The van der Waals surface area contributed by atoms with E-state index in [-0.39, 0.29) is 19.2 Å². The molecule has 0 aromatic heterocycles. The molecule has 0 aromatic carbocycles. The highest BCUT2D eigenvalue weighted by molar-refractivity contribution is 7.81. The Labute approximate surface area is 206 Å². The SMILES string of the molecule is CC1CC2=CCC(C(=O)OCCC(C)(C)COS(=O)(=O)ON3C(=O)N(C)[C@@]4(C(N)=O)CC[C@@H]34)(C2)C1. The lowest BCUT2D eigenvalue weighted by atomic mass is 9.71. The maximum absolute atomic E-state index is 12.8. The van der Waals surface area contributed by atoms with Crippen LogP contribution in [0.2, 0.25) is 0 Å². The van der Waals surface area contributed by atoms with E-state index in [4.69, 9.17) is 18.9 Å². The summed E-state index contributed by atoms with van der Waals surface area (Å²) >= 11 is 0. The summed E-state index contributed by atoms with van der Waals surface area (Å²) in [6.07, 6.45) is 6.58. The van der Waals surface area contributed by atoms with E-state index in [0.717, 1.165) is 30.6 Å². The third-order valence-electron chi connectivity index (χ3n) is 8.04. The van der Waals surface area contributed by atoms with Crippen molar-refractivity contribution in [3.8, 4) is 0 Å². The second-order valence-electron chi connectivity index (χ2n) is 11.3. The number of carbonyl (C=O) groups excluding carboxylic acids is 3. The van der Waals surface area contributed by atoms with Crippen LogP contribution in [0, 0.1) is 16.7 Å².